The molecule has 0 aliphatic heterocycles. The van der Waals surface area contributed by atoms with Gasteiger partial charge in [0.05, 0.1) is 31.3 Å². The monoisotopic (exact) mass is 520 g/mol. The summed E-state index contributed by atoms with van der Waals surface area (Å²) >= 11 is 0. The summed E-state index contributed by atoms with van der Waals surface area (Å²) in [6.45, 7) is -0.0208. The molecule has 1 N–H and O–H groups in total. The van der Waals surface area contributed by atoms with E-state index in [4.69, 9.17) is 14.2 Å². The number of hydrogen-bond acceptors (Lipinski definition) is 6. The first kappa shape index (κ1) is 25.8. The van der Waals surface area contributed by atoms with Crippen LogP contribution in [0.2, 0.25) is 0 Å². The normalized spacial score (nSPS) is 11.1. The molecule has 0 spiro atoms. The molecule has 0 saturated heterocycles. The Balaban J connectivity index is 1.48. The van der Waals surface area contributed by atoms with Gasteiger partial charge in [-0.05, 0) is 47.9 Å². The van der Waals surface area contributed by atoms with Gasteiger partial charge in [0.25, 0.3) is 10.0 Å². The van der Waals surface area contributed by atoms with E-state index in [-0.39, 0.29) is 23.7 Å². The predicted molar refractivity (Wildman–Crippen MR) is 143 cm³/mol. The fourth-order valence-electron chi connectivity index (χ4n) is 3.87. The Bertz CT molecular complexity index is 1470. The van der Waals surface area contributed by atoms with E-state index in [1.807, 2.05) is 42.5 Å². The first-order valence-corrected chi connectivity index (χ1v) is 13.0. The third kappa shape index (κ3) is 5.95. The van der Waals surface area contributed by atoms with Crippen LogP contribution in [0.3, 0.4) is 0 Å². The van der Waals surface area contributed by atoms with Gasteiger partial charge in [-0.3, -0.25) is 9.10 Å². The second-order valence-corrected chi connectivity index (χ2v) is 9.90. The molecular formula is C28H28N2O6S. The number of hydrogen-bond donors (Lipinski definition) is 1. The summed E-state index contributed by atoms with van der Waals surface area (Å²) < 4.78 is 44.6. The molecule has 0 bridgehead atoms. The molecule has 0 unspecified atom stereocenters. The van der Waals surface area contributed by atoms with Crippen LogP contribution in [0.4, 0.5) is 5.69 Å². The molecule has 4 aromatic carbocycles. The zero-order valence-electron chi connectivity index (χ0n) is 20.6. The second kappa shape index (κ2) is 11.7. The van der Waals surface area contributed by atoms with Crippen molar-refractivity contribution in [3.63, 3.8) is 0 Å². The summed E-state index contributed by atoms with van der Waals surface area (Å²) in [4.78, 5) is 12.9. The highest BCUT2D eigenvalue weighted by Crippen LogP contribution is 2.32. The number of rotatable bonds is 11. The Hall–Kier alpha value is -4.24. The third-order valence-electron chi connectivity index (χ3n) is 5.72. The lowest BCUT2D eigenvalue weighted by Gasteiger charge is -2.25. The summed E-state index contributed by atoms with van der Waals surface area (Å²) in [6, 6.07) is 26.3. The SMILES string of the molecule is COc1ccc(S(=O)(=O)N(CC(=O)NCCOc2cccc3ccccc23)c2ccccc2OC)cc1. The molecule has 9 heteroatoms. The lowest BCUT2D eigenvalue weighted by Crippen LogP contribution is -2.42. The van der Waals surface area contributed by atoms with Gasteiger partial charge in [-0.15, -0.1) is 0 Å². The van der Waals surface area contributed by atoms with Gasteiger partial charge in [0.1, 0.15) is 30.4 Å². The van der Waals surface area contributed by atoms with Crippen LogP contribution in [-0.2, 0) is 14.8 Å². The molecule has 0 aliphatic rings. The van der Waals surface area contributed by atoms with Crippen LogP contribution in [-0.4, -0.2) is 48.2 Å². The number of sulfonamides is 1. The van der Waals surface area contributed by atoms with E-state index in [9.17, 15) is 13.2 Å². The number of anilines is 1. The molecule has 0 atom stereocenters. The van der Waals surface area contributed by atoms with E-state index >= 15 is 0 Å². The van der Waals surface area contributed by atoms with Gasteiger partial charge >= 0.3 is 0 Å². The number of benzene rings is 4. The number of nitrogens with zero attached hydrogens (tertiary/aromatic N) is 1. The summed E-state index contributed by atoms with van der Waals surface area (Å²) in [5.41, 5.74) is 0.253. The van der Waals surface area contributed by atoms with Crippen LogP contribution in [0.5, 0.6) is 17.2 Å². The molecule has 0 fully saturated rings. The minimum Gasteiger partial charge on any atom is -0.497 e. The van der Waals surface area contributed by atoms with Crippen LogP contribution >= 0.6 is 0 Å². The molecule has 4 aromatic rings. The second-order valence-electron chi connectivity index (χ2n) is 8.03. The van der Waals surface area contributed by atoms with Crippen molar-refractivity contribution >= 4 is 32.4 Å². The van der Waals surface area contributed by atoms with Gasteiger partial charge in [-0.1, -0.05) is 48.5 Å². The Morgan fingerprint density at radius 2 is 1.49 bits per heavy atom. The average Bonchev–Trinajstić information content (AvgIpc) is 2.94. The molecule has 0 heterocycles. The minimum atomic E-state index is -4.10. The first-order chi connectivity index (χ1) is 17.9. The highest BCUT2D eigenvalue weighted by molar-refractivity contribution is 7.92. The number of carbonyl (C=O) groups is 1. The summed E-state index contributed by atoms with van der Waals surface area (Å²) in [5, 5.41) is 4.78. The van der Waals surface area contributed by atoms with Gasteiger partial charge in [-0.25, -0.2) is 8.42 Å². The lowest BCUT2D eigenvalue weighted by molar-refractivity contribution is -0.119. The number of methoxy groups -OCH3 is 2. The van der Waals surface area contributed by atoms with Crippen molar-refractivity contribution in [2.24, 2.45) is 0 Å². The van der Waals surface area contributed by atoms with E-state index in [1.165, 1.54) is 26.4 Å². The van der Waals surface area contributed by atoms with Crippen molar-refractivity contribution in [1.29, 1.82) is 0 Å². The van der Waals surface area contributed by atoms with Crippen LogP contribution in [0.15, 0.2) is 95.9 Å². The quantitative estimate of drug-likeness (QED) is 0.297. The maximum atomic E-state index is 13.6. The van der Waals surface area contributed by atoms with Crippen LogP contribution in [0, 0.1) is 0 Å². The van der Waals surface area contributed by atoms with Crippen LogP contribution in [0.1, 0.15) is 0 Å². The number of ether oxygens (including phenoxy) is 3. The van der Waals surface area contributed by atoms with Gasteiger partial charge in [0.15, 0.2) is 0 Å². The van der Waals surface area contributed by atoms with Crippen molar-refractivity contribution in [2.75, 3.05) is 38.2 Å². The Labute approximate surface area is 216 Å². The van der Waals surface area contributed by atoms with Gasteiger partial charge in [0, 0.05) is 5.39 Å². The molecule has 37 heavy (non-hydrogen) atoms. The summed E-state index contributed by atoms with van der Waals surface area (Å²) in [6.07, 6.45) is 0. The molecule has 0 saturated carbocycles. The fraction of sp³-hybridized carbons (Fsp3) is 0.179. The highest BCUT2D eigenvalue weighted by Gasteiger charge is 2.29. The molecule has 192 valence electrons. The lowest BCUT2D eigenvalue weighted by atomic mass is 10.1. The number of nitrogens with one attached hydrogen (secondary N) is 1. The predicted octanol–water partition coefficient (Wildman–Crippen LogP) is 4.25. The van der Waals surface area contributed by atoms with Crippen molar-refractivity contribution in [2.45, 2.75) is 4.90 Å². The zero-order chi connectivity index (χ0) is 26.3. The zero-order valence-corrected chi connectivity index (χ0v) is 21.4. The number of fused-ring (bicyclic) bond motifs is 1. The van der Waals surface area contributed by atoms with Gasteiger partial charge < -0.3 is 19.5 Å². The van der Waals surface area contributed by atoms with Gasteiger partial charge in [-0.2, -0.15) is 0 Å². The van der Waals surface area contributed by atoms with Crippen molar-refractivity contribution < 1.29 is 27.4 Å². The Kier molecular flexibility index (Phi) is 8.15. The Morgan fingerprint density at radius 1 is 0.811 bits per heavy atom. The van der Waals surface area contributed by atoms with Gasteiger partial charge in [0.2, 0.25) is 5.91 Å². The molecule has 0 radical (unpaired) electrons. The van der Waals surface area contributed by atoms with Crippen molar-refractivity contribution in [1.82, 2.24) is 5.32 Å². The van der Waals surface area contributed by atoms with Crippen molar-refractivity contribution in [3.05, 3.63) is 91.0 Å². The fourth-order valence-corrected chi connectivity index (χ4v) is 5.30. The van der Waals surface area contributed by atoms with E-state index in [0.29, 0.717) is 17.2 Å². The van der Waals surface area contributed by atoms with E-state index in [2.05, 4.69) is 5.32 Å². The molecular weight excluding hydrogens is 492 g/mol. The Morgan fingerprint density at radius 3 is 2.24 bits per heavy atom. The third-order valence-corrected chi connectivity index (χ3v) is 7.49. The topological polar surface area (TPSA) is 94.2 Å². The standard InChI is InChI=1S/C28H28N2O6S/c1-34-22-14-16-23(17-15-22)37(32,33)30(25-11-5-6-12-27(25)35-2)20-28(31)29-18-19-36-26-13-7-9-21-8-3-4-10-24(21)26/h3-17H,18-20H2,1-2H3,(H,29,31). The van der Waals surface area contributed by atoms with Crippen LogP contribution in [0.25, 0.3) is 10.8 Å². The van der Waals surface area contributed by atoms with E-state index in [0.717, 1.165) is 15.1 Å². The maximum absolute atomic E-state index is 13.6. The maximum Gasteiger partial charge on any atom is 0.264 e. The summed E-state index contributed by atoms with van der Waals surface area (Å²) in [5.74, 6) is 1.08. The minimum absolute atomic E-state index is 0.0197. The molecule has 0 aliphatic carbocycles. The highest BCUT2D eigenvalue weighted by atomic mass is 32.2. The summed E-state index contributed by atoms with van der Waals surface area (Å²) in [7, 11) is -1.15. The average molecular weight is 521 g/mol. The molecule has 4 rings (SSSR count). The largest absolute Gasteiger partial charge is 0.497 e. The number of carbonyl (C=O) groups excluding carboxylic acids is 1. The van der Waals surface area contributed by atoms with Crippen LogP contribution < -0.4 is 23.8 Å². The van der Waals surface area contributed by atoms with E-state index in [1.54, 1.807) is 36.4 Å². The van der Waals surface area contributed by atoms with E-state index < -0.39 is 22.5 Å². The molecule has 0 aromatic heterocycles. The molecule has 8 nitrogen and oxygen atoms in total. The molecule has 1 amide bonds. The first-order valence-electron chi connectivity index (χ1n) is 11.6. The smallest absolute Gasteiger partial charge is 0.264 e. The number of amides is 1. The van der Waals surface area contributed by atoms with Crippen molar-refractivity contribution in [3.8, 4) is 17.2 Å². The number of para-hydroxylation sites is 2.